The van der Waals surface area contributed by atoms with Gasteiger partial charge in [0.15, 0.2) is 0 Å². The number of aromatic hydroxyl groups is 1. The molecule has 28 heavy (non-hydrogen) atoms. The number of benzene rings is 2. The number of hydrogen-bond donors (Lipinski definition) is 3. The summed E-state index contributed by atoms with van der Waals surface area (Å²) in [6.45, 7) is 2.11. The summed E-state index contributed by atoms with van der Waals surface area (Å²) in [6.07, 6.45) is 3.82. The van der Waals surface area contributed by atoms with Crippen molar-refractivity contribution >= 4 is 22.6 Å². The number of hydrogen-bond acceptors (Lipinski definition) is 4. The summed E-state index contributed by atoms with van der Waals surface area (Å²) in [4.78, 5) is 17.1. The summed E-state index contributed by atoms with van der Waals surface area (Å²) in [5, 5.41) is 17.4. The predicted molar refractivity (Wildman–Crippen MR) is 112 cm³/mol. The highest BCUT2D eigenvalue weighted by Crippen LogP contribution is 2.25. The molecule has 0 atom stereocenters. The smallest absolute Gasteiger partial charge is 0.251 e. The number of rotatable bonds is 4. The van der Waals surface area contributed by atoms with Gasteiger partial charge in [-0.3, -0.25) is 4.79 Å². The topological polar surface area (TPSA) is 74.2 Å². The van der Waals surface area contributed by atoms with Crippen LogP contribution in [0, 0.1) is 6.92 Å². The average molecular weight is 375 g/mol. The molecule has 1 fully saturated rings. The lowest BCUT2D eigenvalue weighted by molar-refractivity contribution is 0.0926. The van der Waals surface area contributed by atoms with Crippen LogP contribution >= 0.6 is 0 Å². The summed E-state index contributed by atoms with van der Waals surface area (Å²) in [5.74, 6) is 0.904. The van der Waals surface area contributed by atoms with Crippen LogP contribution in [0.2, 0.25) is 0 Å². The molecule has 144 valence electrons. The lowest BCUT2D eigenvalue weighted by Crippen LogP contribution is -2.40. The van der Waals surface area contributed by atoms with Gasteiger partial charge in [0, 0.05) is 23.0 Å². The largest absolute Gasteiger partial charge is 0.508 e. The lowest BCUT2D eigenvalue weighted by Gasteiger charge is -2.30. The molecule has 1 aromatic heterocycles. The number of aromatic nitrogens is 1. The molecule has 5 nitrogen and oxygen atoms in total. The Hall–Kier alpha value is -3.08. The maximum atomic E-state index is 12.4. The van der Waals surface area contributed by atoms with Gasteiger partial charge in [0.2, 0.25) is 0 Å². The monoisotopic (exact) mass is 375 g/mol. The SMILES string of the molecule is Cc1cc(N[C@H]2CC[C@@H](NC(=O)c3cccc(O)c3)CC2)nc2ccccc12. The van der Waals surface area contributed by atoms with E-state index < -0.39 is 0 Å². The Morgan fingerprint density at radius 2 is 1.75 bits per heavy atom. The van der Waals surface area contributed by atoms with E-state index in [0.29, 0.717) is 11.6 Å². The number of phenols is 1. The maximum Gasteiger partial charge on any atom is 0.251 e. The van der Waals surface area contributed by atoms with Crippen LogP contribution in [0.15, 0.2) is 54.6 Å². The number of carbonyl (C=O) groups excluding carboxylic acids is 1. The van der Waals surface area contributed by atoms with Gasteiger partial charge in [-0.1, -0.05) is 24.3 Å². The fourth-order valence-corrected chi connectivity index (χ4v) is 3.93. The molecule has 1 heterocycles. The van der Waals surface area contributed by atoms with Crippen molar-refractivity contribution in [3.8, 4) is 5.75 Å². The third-order valence-electron chi connectivity index (χ3n) is 5.45. The van der Waals surface area contributed by atoms with Crippen LogP contribution < -0.4 is 10.6 Å². The number of anilines is 1. The number of nitrogens with one attached hydrogen (secondary N) is 2. The molecule has 1 amide bonds. The van der Waals surface area contributed by atoms with E-state index in [2.05, 4.69) is 29.7 Å². The molecule has 0 saturated heterocycles. The lowest BCUT2D eigenvalue weighted by atomic mass is 9.91. The third kappa shape index (κ3) is 4.09. The number of phenolic OH excluding ortho intramolecular Hbond substituents is 1. The van der Waals surface area contributed by atoms with Crippen molar-refractivity contribution in [2.24, 2.45) is 0 Å². The first-order chi connectivity index (χ1) is 13.6. The number of nitrogens with zero attached hydrogens (tertiary/aromatic N) is 1. The average Bonchev–Trinajstić information content (AvgIpc) is 2.69. The van der Waals surface area contributed by atoms with E-state index in [4.69, 9.17) is 4.98 Å². The van der Waals surface area contributed by atoms with Crippen LogP contribution in [0.3, 0.4) is 0 Å². The zero-order valence-corrected chi connectivity index (χ0v) is 16.0. The van der Waals surface area contributed by atoms with Crippen molar-refractivity contribution in [2.45, 2.75) is 44.7 Å². The minimum atomic E-state index is -0.126. The first kappa shape index (κ1) is 18.3. The summed E-state index contributed by atoms with van der Waals surface area (Å²) in [6, 6.07) is 17.3. The van der Waals surface area contributed by atoms with E-state index in [1.165, 1.54) is 17.0 Å². The molecule has 3 aromatic rings. The molecular weight excluding hydrogens is 350 g/mol. The summed E-state index contributed by atoms with van der Waals surface area (Å²) in [5.41, 5.74) is 2.73. The van der Waals surface area contributed by atoms with E-state index in [0.717, 1.165) is 37.0 Å². The first-order valence-corrected chi connectivity index (χ1v) is 9.81. The quantitative estimate of drug-likeness (QED) is 0.632. The highest BCUT2D eigenvalue weighted by Gasteiger charge is 2.23. The molecule has 2 aromatic carbocycles. The van der Waals surface area contributed by atoms with Gasteiger partial charge in [0.25, 0.3) is 5.91 Å². The van der Waals surface area contributed by atoms with E-state index in [9.17, 15) is 9.90 Å². The van der Waals surface area contributed by atoms with Gasteiger partial charge in [-0.15, -0.1) is 0 Å². The molecule has 0 unspecified atom stereocenters. The van der Waals surface area contributed by atoms with Gasteiger partial charge in [-0.05, 0) is 68.5 Å². The van der Waals surface area contributed by atoms with Crippen molar-refractivity contribution < 1.29 is 9.90 Å². The first-order valence-electron chi connectivity index (χ1n) is 9.81. The number of fused-ring (bicyclic) bond motifs is 1. The molecule has 5 heteroatoms. The van der Waals surface area contributed by atoms with Crippen LogP contribution in [0.25, 0.3) is 10.9 Å². The molecular formula is C23H25N3O2. The van der Waals surface area contributed by atoms with E-state index in [1.54, 1.807) is 18.2 Å². The Kier molecular flexibility index (Phi) is 5.15. The number of pyridine rings is 1. The Morgan fingerprint density at radius 1 is 1.00 bits per heavy atom. The summed E-state index contributed by atoms with van der Waals surface area (Å²) < 4.78 is 0. The third-order valence-corrected chi connectivity index (χ3v) is 5.45. The van der Waals surface area contributed by atoms with Gasteiger partial charge in [0.1, 0.15) is 11.6 Å². The van der Waals surface area contributed by atoms with E-state index >= 15 is 0 Å². The highest BCUT2D eigenvalue weighted by molar-refractivity contribution is 5.94. The minimum Gasteiger partial charge on any atom is -0.508 e. The molecule has 1 saturated carbocycles. The number of aryl methyl sites for hydroxylation is 1. The van der Waals surface area contributed by atoms with Crippen molar-refractivity contribution in [3.63, 3.8) is 0 Å². The fraction of sp³-hybridized carbons (Fsp3) is 0.304. The number of carbonyl (C=O) groups is 1. The zero-order chi connectivity index (χ0) is 19.5. The van der Waals surface area contributed by atoms with Gasteiger partial charge >= 0.3 is 0 Å². The fourth-order valence-electron chi connectivity index (χ4n) is 3.93. The molecule has 0 radical (unpaired) electrons. The van der Waals surface area contributed by atoms with E-state index in [1.807, 2.05) is 18.2 Å². The molecule has 0 aliphatic heterocycles. The summed E-state index contributed by atoms with van der Waals surface area (Å²) in [7, 11) is 0. The van der Waals surface area contributed by atoms with Crippen molar-refractivity contribution in [1.82, 2.24) is 10.3 Å². The van der Waals surface area contributed by atoms with Gasteiger partial charge in [0.05, 0.1) is 5.52 Å². The normalized spacial score (nSPS) is 19.3. The molecule has 3 N–H and O–H groups in total. The van der Waals surface area contributed by atoms with E-state index in [-0.39, 0.29) is 17.7 Å². The van der Waals surface area contributed by atoms with Crippen molar-refractivity contribution in [2.75, 3.05) is 5.32 Å². The van der Waals surface area contributed by atoms with Crippen LogP contribution in [0.5, 0.6) is 5.75 Å². The Balaban J connectivity index is 1.34. The zero-order valence-electron chi connectivity index (χ0n) is 16.0. The predicted octanol–water partition coefficient (Wildman–Crippen LogP) is 4.40. The molecule has 1 aliphatic carbocycles. The van der Waals surface area contributed by atoms with Crippen LogP contribution in [0.4, 0.5) is 5.82 Å². The molecule has 1 aliphatic rings. The molecule has 0 bridgehead atoms. The second kappa shape index (κ2) is 7.89. The number of para-hydroxylation sites is 1. The minimum absolute atomic E-state index is 0.110. The Bertz CT molecular complexity index is 994. The highest BCUT2D eigenvalue weighted by atomic mass is 16.3. The molecule has 4 rings (SSSR count). The Labute approximate surface area is 164 Å². The van der Waals surface area contributed by atoms with Crippen molar-refractivity contribution in [1.29, 1.82) is 0 Å². The van der Waals surface area contributed by atoms with Crippen LogP contribution in [-0.2, 0) is 0 Å². The van der Waals surface area contributed by atoms with Gasteiger partial charge in [-0.2, -0.15) is 0 Å². The standard InChI is InChI=1S/C23H25N3O2/c1-15-13-22(26-21-8-3-2-7-20(15)21)24-17-9-11-18(12-10-17)25-23(28)16-5-4-6-19(27)14-16/h2-8,13-14,17-18,27H,9-12H2,1H3,(H,24,26)(H,25,28)/t17-,18+. The second-order valence-corrected chi connectivity index (χ2v) is 7.56. The van der Waals surface area contributed by atoms with Gasteiger partial charge in [-0.25, -0.2) is 4.98 Å². The summed E-state index contributed by atoms with van der Waals surface area (Å²) >= 11 is 0. The Morgan fingerprint density at radius 3 is 2.54 bits per heavy atom. The number of amides is 1. The van der Waals surface area contributed by atoms with Gasteiger partial charge < -0.3 is 15.7 Å². The maximum absolute atomic E-state index is 12.4. The van der Waals surface area contributed by atoms with Crippen molar-refractivity contribution in [3.05, 3.63) is 65.7 Å². The van der Waals surface area contributed by atoms with Crippen LogP contribution in [0.1, 0.15) is 41.6 Å². The van der Waals surface area contributed by atoms with Crippen LogP contribution in [-0.4, -0.2) is 28.1 Å². The second-order valence-electron chi connectivity index (χ2n) is 7.56. The molecule has 0 spiro atoms.